The third-order valence-electron chi connectivity index (χ3n) is 5.11. The first-order valence-electron chi connectivity index (χ1n) is 11.1. The average Bonchev–Trinajstić information content (AvgIpc) is 3.68. The Morgan fingerprint density at radius 3 is 1.97 bits per heavy atom. The Morgan fingerprint density at radius 1 is 0.838 bits per heavy atom. The van der Waals surface area contributed by atoms with E-state index in [4.69, 9.17) is 49.4 Å². The number of pyridine rings is 2. The highest BCUT2D eigenvalue weighted by Crippen LogP contribution is 2.33. The lowest BCUT2D eigenvalue weighted by Gasteiger charge is -2.06. The molecule has 0 fully saturated rings. The molecule has 0 atom stereocenters. The molecule has 0 saturated heterocycles. The van der Waals surface area contributed by atoms with Gasteiger partial charge in [0.25, 0.3) is 0 Å². The number of hydrogen-bond acceptors (Lipinski definition) is 8. The lowest BCUT2D eigenvalue weighted by atomic mass is 10.2. The highest BCUT2D eigenvalue weighted by atomic mass is 35.5. The normalized spacial score (nSPS) is 10.6. The van der Waals surface area contributed by atoms with E-state index in [1.165, 1.54) is 0 Å². The van der Waals surface area contributed by atoms with E-state index in [1.807, 2.05) is 49.6 Å². The number of aryl methyl sites for hydroxylation is 2. The molecule has 0 amide bonds. The van der Waals surface area contributed by atoms with Crippen LogP contribution < -0.4 is 11.1 Å². The summed E-state index contributed by atoms with van der Waals surface area (Å²) in [5, 5.41) is 9.10. The van der Waals surface area contributed by atoms with Crippen LogP contribution in [-0.4, -0.2) is 9.97 Å². The van der Waals surface area contributed by atoms with Crippen molar-refractivity contribution >= 4 is 83.6 Å². The van der Waals surface area contributed by atoms with E-state index in [2.05, 4.69) is 20.7 Å². The van der Waals surface area contributed by atoms with Crippen LogP contribution in [0.15, 0.2) is 68.5 Å². The molecule has 192 valence electrons. The monoisotopic (exact) mass is 592 g/mol. The van der Waals surface area contributed by atoms with Crippen LogP contribution in [0.5, 0.6) is 0 Å². The first kappa shape index (κ1) is 27.4. The lowest BCUT2D eigenvalue weighted by Crippen LogP contribution is -1.98. The standard InChI is InChI=1S/C13H11ClN2OS.C8H5Cl2NS.C5H7NO/c1-8-7-18-13-10(5-11(14)16-12(8)13)15-6-9-3-2-4-17-9;1-4-3-12-8-5(9)2-6(10)11-7(4)8;6-4-5-2-1-3-7-5/h2-5,7H,6H2,1H3,(H,15,16);2-3H,1H3;1-3H,4,6H2. The van der Waals surface area contributed by atoms with Crippen LogP contribution in [0.1, 0.15) is 22.6 Å². The fourth-order valence-electron chi connectivity index (χ4n) is 3.30. The molecule has 0 aliphatic rings. The van der Waals surface area contributed by atoms with Gasteiger partial charge >= 0.3 is 0 Å². The molecule has 6 aromatic heterocycles. The summed E-state index contributed by atoms with van der Waals surface area (Å²) < 4.78 is 12.3. The summed E-state index contributed by atoms with van der Waals surface area (Å²) in [4.78, 5) is 8.54. The van der Waals surface area contributed by atoms with Crippen molar-refractivity contribution in [2.45, 2.75) is 26.9 Å². The molecule has 0 spiro atoms. The number of halogens is 3. The second-order valence-corrected chi connectivity index (χ2v) is 10.8. The zero-order valence-electron chi connectivity index (χ0n) is 19.9. The number of anilines is 1. The fourth-order valence-corrected chi connectivity index (χ4v) is 5.95. The second kappa shape index (κ2) is 12.8. The second-order valence-electron chi connectivity index (χ2n) is 7.83. The van der Waals surface area contributed by atoms with E-state index >= 15 is 0 Å². The summed E-state index contributed by atoms with van der Waals surface area (Å²) in [5.41, 5.74) is 10.4. The molecule has 0 aromatic carbocycles. The van der Waals surface area contributed by atoms with Gasteiger partial charge in [0, 0.05) is 6.07 Å². The topological polar surface area (TPSA) is 90.1 Å². The van der Waals surface area contributed by atoms with Crippen LogP contribution in [0, 0.1) is 13.8 Å². The van der Waals surface area contributed by atoms with Crippen LogP contribution >= 0.6 is 57.5 Å². The Labute approximate surface area is 237 Å². The predicted octanol–water partition coefficient (Wildman–Crippen LogP) is 9.11. The summed E-state index contributed by atoms with van der Waals surface area (Å²) in [6.45, 7) is 5.17. The number of hydrogen-bond donors (Lipinski definition) is 2. The van der Waals surface area contributed by atoms with Crippen molar-refractivity contribution in [2.24, 2.45) is 5.73 Å². The minimum absolute atomic E-state index is 0.453. The van der Waals surface area contributed by atoms with Crippen molar-refractivity contribution in [1.29, 1.82) is 0 Å². The molecule has 0 saturated carbocycles. The van der Waals surface area contributed by atoms with E-state index in [0.29, 0.717) is 28.4 Å². The average molecular weight is 594 g/mol. The molecule has 0 unspecified atom stereocenters. The molecule has 3 N–H and O–H groups in total. The summed E-state index contributed by atoms with van der Waals surface area (Å²) in [5.74, 6) is 1.73. The Bertz CT molecular complexity index is 1580. The molecule has 11 heteroatoms. The van der Waals surface area contributed by atoms with E-state index in [-0.39, 0.29) is 0 Å². The largest absolute Gasteiger partial charge is 0.468 e. The molecule has 6 aromatic rings. The zero-order chi connectivity index (χ0) is 26.4. The lowest BCUT2D eigenvalue weighted by molar-refractivity contribution is 0.512. The fraction of sp³-hybridized carbons (Fsp3) is 0.154. The molecule has 6 rings (SSSR count). The van der Waals surface area contributed by atoms with Crippen molar-refractivity contribution in [3.05, 3.63) is 97.7 Å². The van der Waals surface area contributed by atoms with Gasteiger partial charge in [-0.05, 0) is 66.1 Å². The third kappa shape index (κ3) is 7.04. The molecule has 0 aliphatic heterocycles. The molecule has 0 aliphatic carbocycles. The van der Waals surface area contributed by atoms with Crippen LogP contribution in [0.3, 0.4) is 0 Å². The molecule has 0 radical (unpaired) electrons. The quantitative estimate of drug-likeness (QED) is 0.198. The van der Waals surface area contributed by atoms with Gasteiger partial charge < -0.3 is 19.9 Å². The Morgan fingerprint density at radius 2 is 1.41 bits per heavy atom. The molecule has 6 nitrogen and oxygen atoms in total. The Kier molecular flexibility index (Phi) is 9.48. The maximum Gasteiger partial charge on any atom is 0.131 e. The first-order valence-corrected chi connectivity index (χ1v) is 14.0. The number of nitrogens with two attached hydrogens (primary N) is 1. The number of fused-ring (bicyclic) bond motifs is 2. The van der Waals surface area contributed by atoms with Crippen LogP contribution in [0.4, 0.5) is 5.69 Å². The van der Waals surface area contributed by atoms with Gasteiger partial charge in [-0.1, -0.05) is 34.8 Å². The summed E-state index contributed by atoms with van der Waals surface area (Å²) in [6.07, 6.45) is 3.28. The molecule has 6 heterocycles. The van der Waals surface area contributed by atoms with Gasteiger partial charge in [0.05, 0.1) is 56.8 Å². The molecule has 37 heavy (non-hydrogen) atoms. The van der Waals surface area contributed by atoms with Gasteiger partial charge in [0.1, 0.15) is 21.8 Å². The van der Waals surface area contributed by atoms with Crippen LogP contribution in [0.25, 0.3) is 20.4 Å². The maximum absolute atomic E-state index is 6.04. The number of thiophene rings is 2. The van der Waals surface area contributed by atoms with E-state index in [0.717, 1.165) is 48.8 Å². The summed E-state index contributed by atoms with van der Waals surface area (Å²) >= 11 is 21.0. The smallest absolute Gasteiger partial charge is 0.131 e. The minimum atomic E-state index is 0.453. The number of aromatic nitrogens is 2. The van der Waals surface area contributed by atoms with Crippen molar-refractivity contribution in [3.63, 3.8) is 0 Å². The van der Waals surface area contributed by atoms with Gasteiger partial charge in [-0.15, -0.1) is 22.7 Å². The first-order chi connectivity index (χ1) is 17.9. The van der Waals surface area contributed by atoms with Gasteiger partial charge in [-0.3, -0.25) is 0 Å². The summed E-state index contributed by atoms with van der Waals surface area (Å²) in [6, 6.07) is 11.0. The molecule has 0 bridgehead atoms. The molecular weight excluding hydrogens is 571 g/mol. The number of rotatable bonds is 4. The highest BCUT2D eigenvalue weighted by molar-refractivity contribution is 7.18. The van der Waals surface area contributed by atoms with E-state index < -0.39 is 0 Å². The van der Waals surface area contributed by atoms with E-state index in [1.54, 1.807) is 41.3 Å². The molecular formula is C26H23Cl3N4O2S2. The van der Waals surface area contributed by atoms with Gasteiger partial charge in [0.2, 0.25) is 0 Å². The van der Waals surface area contributed by atoms with Crippen LogP contribution in [0.2, 0.25) is 15.3 Å². The van der Waals surface area contributed by atoms with Crippen molar-refractivity contribution in [3.8, 4) is 0 Å². The van der Waals surface area contributed by atoms with Gasteiger partial charge in [-0.2, -0.15) is 0 Å². The summed E-state index contributed by atoms with van der Waals surface area (Å²) in [7, 11) is 0. The maximum atomic E-state index is 6.04. The third-order valence-corrected chi connectivity index (χ3v) is 8.14. The number of nitrogens with zero attached hydrogens (tertiary/aromatic N) is 2. The Balaban J connectivity index is 0.000000144. The van der Waals surface area contributed by atoms with Gasteiger partial charge in [0.15, 0.2) is 0 Å². The number of furan rings is 2. The van der Waals surface area contributed by atoms with Crippen LogP contribution in [-0.2, 0) is 13.1 Å². The predicted molar refractivity (Wildman–Crippen MR) is 156 cm³/mol. The highest BCUT2D eigenvalue weighted by Gasteiger charge is 2.09. The Hall–Kier alpha value is -2.59. The van der Waals surface area contributed by atoms with Crippen molar-refractivity contribution in [2.75, 3.05) is 5.32 Å². The zero-order valence-corrected chi connectivity index (χ0v) is 23.8. The number of nitrogens with one attached hydrogen (secondary N) is 1. The van der Waals surface area contributed by atoms with E-state index in [9.17, 15) is 0 Å². The minimum Gasteiger partial charge on any atom is -0.468 e. The van der Waals surface area contributed by atoms with Crippen molar-refractivity contribution in [1.82, 2.24) is 9.97 Å². The SMILES string of the molecule is Cc1csc2c(Cl)cc(Cl)nc12.Cc1csc2c(NCc3ccco3)cc(Cl)nc12.NCc1ccco1. The van der Waals surface area contributed by atoms with Gasteiger partial charge in [-0.25, -0.2) is 9.97 Å². The van der Waals surface area contributed by atoms with Crippen molar-refractivity contribution < 1.29 is 8.83 Å².